The van der Waals surface area contributed by atoms with E-state index in [1.165, 1.54) is 13.0 Å². The average Bonchev–Trinajstić information content (AvgIpc) is 3.46. The standard InChI is InChI=1S/C20H24F2IN3O4/c1-11(27)25-17(24)16(19(2)8-29-9-19)26-18(28)13-5-6-14(12-3-4-12)15(7-13)30-10-20(21,22)23/h5-7,12,16H,3-4,8-10H2,1-2H3,(H,26,28)(H2,24,25,27). The van der Waals surface area contributed by atoms with Gasteiger partial charge in [0.05, 0.1) is 19.3 Å². The molecule has 3 N–H and O–H groups in total. The summed E-state index contributed by atoms with van der Waals surface area (Å²) < 4.78 is 34.1. The second-order valence-corrected chi connectivity index (χ2v) is 9.66. The van der Waals surface area contributed by atoms with Crippen molar-refractivity contribution < 1.29 is 27.8 Å². The van der Waals surface area contributed by atoms with Crippen LogP contribution in [0.1, 0.15) is 48.5 Å². The molecule has 164 valence electrons. The summed E-state index contributed by atoms with van der Waals surface area (Å²) in [6.45, 7) is 3.02. The largest absolute Gasteiger partial charge is 0.486 e. The molecule has 2 aliphatic rings. The van der Waals surface area contributed by atoms with Crippen LogP contribution in [0.4, 0.5) is 8.78 Å². The molecule has 2 amide bonds. The SMILES string of the molecule is CC(=O)NC(=N)C(NC(=O)c1ccc(C2CC2)c(OCC(F)(F)I)c1)C1(C)COC1. The minimum Gasteiger partial charge on any atom is -0.486 e. The molecule has 1 aromatic rings. The Bertz CT molecular complexity index is 851. The van der Waals surface area contributed by atoms with Gasteiger partial charge in [-0.15, -0.1) is 0 Å². The number of hydrogen-bond donors (Lipinski definition) is 3. The molecule has 1 atom stereocenters. The van der Waals surface area contributed by atoms with Crippen molar-refractivity contribution >= 4 is 40.2 Å². The van der Waals surface area contributed by atoms with Crippen LogP contribution in [0.5, 0.6) is 5.75 Å². The summed E-state index contributed by atoms with van der Waals surface area (Å²) in [5, 5.41) is 13.4. The fourth-order valence-electron chi connectivity index (χ4n) is 3.35. The number of hydrogen-bond acceptors (Lipinski definition) is 5. The third-order valence-electron chi connectivity index (χ3n) is 5.12. The van der Waals surface area contributed by atoms with Crippen LogP contribution in [0.25, 0.3) is 0 Å². The van der Waals surface area contributed by atoms with Crippen LogP contribution in [0.3, 0.4) is 0 Å². The van der Waals surface area contributed by atoms with Gasteiger partial charge in [0, 0.05) is 40.5 Å². The van der Waals surface area contributed by atoms with Gasteiger partial charge in [0.1, 0.15) is 11.6 Å². The lowest BCUT2D eigenvalue weighted by atomic mass is 9.79. The first-order chi connectivity index (χ1) is 14.0. The molecule has 30 heavy (non-hydrogen) atoms. The maximum absolute atomic E-state index is 13.3. The summed E-state index contributed by atoms with van der Waals surface area (Å²) in [5.74, 6) is -0.499. The predicted octanol–water partition coefficient (Wildman–Crippen LogP) is 3.22. The third kappa shape index (κ3) is 5.65. The van der Waals surface area contributed by atoms with Crippen molar-refractivity contribution in [2.45, 2.75) is 42.6 Å². The first-order valence-corrected chi connectivity index (χ1v) is 10.6. The summed E-state index contributed by atoms with van der Waals surface area (Å²) in [5.41, 5.74) is 0.510. The molecule has 0 aromatic heterocycles. The van der Waals surface area contributed by atoms with Gasteiger partial charge < -0.3 is 20.1 Å². The third-order valence-corrected chi connectivity index (χ3v) is 5.43. The van der Waals surface area contributed by atoms with E-state index >= 15 is 0 Å². The molecule has 0 spiro atoms. The molecule has 0 bridgehead atoms. The molecule has 1 aliphatic carbocycles. The van der Waals surface area contributed by atoms with Crippen LogP contribution in [0.2, 0.25) is 0 Å². The van der Waals surface area contributed by atoms with E-state index in [9.17, 15) is 18.4 Å². The van der Waals surface area contributed by atoms with E-state index in [0.717, 1.165) is 41.0 Å². The van der Waals surface area contributed by atoms with E-state index in [-0.39, 0.29) is 23.1 Å². The Kier molecular flexibility index (Phi) is 6.66. The van der Waals surface area contributed by atoms with Crippen LogP contribution >= 0.6 is 22.6 Å². The normalized spacial score (nSPS) is 18.7. The number of amides is 2. The first kappa shape index (κ1) is 22.9. The van der Waals surface area contributed by atoms with Crippen molar-refractivity contribution in [1.82, 2.24) is 10.6 Å². The quantitative estimate of drug-likeness (QED) is 0.206. The minimum absolute atomic E-state index is 0.128. The van der Waals surface area contributed by atoms with E-state index < -0.39 is 33.8 Å². The van der Waals surface area contributed by atoms with Gasteiger partial charge in [0.2, 0.25) is 5.91 Å². The smallest absolute Gasteiger partial charge is 0.329 e. The molecule has 3 rings (SSSR count). The minimum atomic E-state index is -3.02. The van der Waals surface area contributed by atoms with Crippen molar-refractivity contribution in [3.05, 3.63) is 29.3 Å². The summed E-state index contributed by atoms with van der Waals surface area (Å²) in [6.07, 6.45) is 1.91. The van der Waals surface area contributed by atoms with E-state index in [0.29, 0.717) is 13.2 Å². The van der Waals surface area contributed by atoms with Crippen molar-refractivity contribution in [3.8, 4) is 5.75 Å². The number of rotatable bonds is 8. The zero-order valence-electron chi connectivity index (χ0n) is 16.7. The van der Waals surface area contributed by atoms with Crippen LogP contribution < -0.4 is 15.4 Å². The van der Waals surface area contributed by atoms with Crippen LogP contribution in [-0.2, 0) is 9.53 Å². The van der Waals surface area contributed by atoms with Gasteiger partial charge >= 0.3 is 3.93 Å². The first-order valence-electron chi connectivity index (χ1n) is 9.57. The van der Waals surface area contributed by atoms with Gasteiger partial charge in [-0.2, -0.15) is 8.78 Å². The lowest BCUT2D eigenvalue weighted by molar-refractivity contribution is -0.118. The molecule has 1 aliphatic heterocycles. The van der Waals surface area contributed by atoms with Crippen molar-refractivity contribution in [2.24, 2.45) is 5.41 Å². The van der Waals surface area contributed by atoms with E-state index in [1.54, 1.807) is 12.1 Å². The average molecular weight is 535 g/mol. The van der Waals surface area contributed by atoms with Crippen molar-refractivity contribution in [2.75, 3.05) is 19.8 Å². The molecule has 7 nitrogen and oxygen atoms in total. The zero-order valence-corrected chi connectivity index (χ0v) is 18.8. The molecule has 0 radical (unpaired) electrons. The Labute approximate surface area is 186 Å². The molecule has 1 aromatic carbocycles. The Morgan fingerprint density at radius 2 is 2.07 bits per heavy atom. The van der Waals surface area contributed by atoms with E-state index in [1.807, 2.05) is 6.92 Å². The predicted molar refractivity (Wildman–Crippen MR) is 115 cm³/mol. The molecule has 1 unspecified atom stereocenters. The second-order valence-electron chi connectivity index (χ2n) is 8.08. The number of amidine groups is 1. The number of alkyl halides is 3. The highest BCUT2D eigenvalue weighted by Crippen LogP contribution is 2.45. The molecular weight excluding hydrogens is 511 g/mol. The summed E-state index contributed by atoms with van der Waals surface area (Å²) >= 11 is 1.01. The van der Waals surface area contributed by atoms with Gasteiger partial charge in [0.25, 0.3) is 5.91 Å². The highest BCUT2D eigenvalue weighted by molar-refractivity contribution is 14.1. The summed E-state index contributed by atoms with van der Waals surface area (Å²) in [4.78, 5) is 24.3. The highest BCUT2D eigenvalue weighted by atomic mass is 127. The van der Waals surface area contributed by atoms with Crippen LogP contribution in [0.15, 0.2) is 18.2 Å². The maximum atomic E-state index is 13.3. The van der Waals surface area contributed by atoms with Gasteiger partial charge in [0.15, 0.2) is 6.61 Å². The number of benzene rings is 1. The highest BCUT2D eigenvalue weighted by Gasteiger charge is 2.45. The second kappa shape index (κ2) is 8.74. The Morgan fingerprint density at radius 3 is 2.57 bits per heavy atom. The van der Waals surface area contributed by atoms with Gasteiger partial charge in [-0.05, 0) is 36.5 Å². The number of halogens is 3. The van der Waals surface area contributed by atoms with Crippen molar-refractivity contribution in [3.63, 3.8) is 0 Å². The molecule has 1 heterocycles. The Morgan fingerprint density at radius 1 is 1.40 bits per heavy atom. The lowest BCUT2D eigenvalue weighted by Crippen LogP contribution is -2.62. The van der Waals surface area contributed by atoms with E-state index in [4.69, 9.17) is 14.9 Å². The Balaban J connectivity index is 1.80. The summed E-state index contributed by atoms with van der Waals surface area (Å²) in [6, 6.07) is 4.05. The molecular formula is C20H24F2IN3O4. The van der Waals surface area contributed by atoms with Gasteiger partial charge in [-0.25, -0.2) is 0 Å². The number of carbonyl (C=O) groups is 2. The maximum Gasteiger partial charge on any atom is 0.329 e. The monoisotopic (exact) mass is 535 g/mol. The van der Waals surface area contributed by atoms with Crippen LogP contribution in [-0.4, -0.2) is 47.4 Å². The molecule has 10 heteroatoms. The Hall–Kier alpha value is -1.82. The fraction of sp³-hybridized carbons (Fsp3) is 0.550. The van der Waals surface area contributed by atoms with Gasteiger partial charge in [-0.3, -0.25) is 15.0 Å². The van der Waals surface area contributed by atoms with Crippen LogP contribution in [0, 0.1) is 10.8 Å². The fourth-order valence-corrected chi connectivity index (χ4v) is 3.51. The molecule has 2 fully saturated rings. The summed E-state index contributed by atoms with van der Waals surface area (Å²) in [7, 11) is 0. The topological polar surface area (TPSA) is 101 Å². The number of carbonyl (C=O) groups excluding carboxylic acids is 2. The van der Waals surface area contributed by atoms with Crippen molar-refractivity contribution in [1.29, 1.82) is 5.41 Å². The number of nitrogens with one attached hydrogen (secondary N) is 3. The van der Waals surface area contributed by atoms with Gasteiger partial charge in [-0.1, -0.05) is 13.0 Å². The van der Waals surface area contributed by atoms with E-state index in [2.05, 4.69) is 10.6 Å². The zero-order chi connectivity index (χ0) is 22.1. The molecule has 1 saturated carbocycles. The molecule has 1 saturated heterocycles. The number of ether oxygens (including phenoxy) is 2. The lowest BCUT2D eigenvalue weighted by Gasteiger charge is -2.44.